The third kappa shape index (κ3) is 4.74. The molecule has 0 saturated carbocycles. The van der Waals surface area contributed by atoms with Gasteiger partial charge in [-0.3, -0.25) is 9.69 Å². The number of halogens is 1. The largest absolute Gasteiger partial charge is 0.324 e. The van der Waals surface area contributed by atoms with Crippen LogP contribution in [0.2, 0.25) is 5.02 Å². The van der Waals surface area contributed by atoms with Gasteiger partial charge in [-0.25, -0.2) is 0 Å². The van der Waals surface area contributed by atoms with E-state index in [2.05, 4.69) is 37.8 Å². The molecule has 1 N–H and O–H groups in total. The first kappa shape index (κ1) is 18.6. The van der Waals surface area contributed by atoms with Crippen molar-refractivity contribution in [3.63, 3.8) is 0 Å². The van der Waals surface area contributed by atoms with E-state index in [4.69, 9.17) is 11.6 Å². The van der Waals surface area contributed by atoms with Crippen LogP contribution in [-0.2, 0) is 17.9 Å². The van der Waals surface area contributed by atoms with E-state index < -0.39 is 0 Å². The second-order valence-corrected chi connectivity index (χ2v) is 7.32. The zero-order valence-electron chi connectivity index (χ0n) is 15.4. The fraction of sp³-hybridized carbons (Fsp3) is 0.300. The number of nitrogens with zero attached hydrogens (tertiary/aromatic N) is 5. The molecule has 3 aromatic rings. The molecule has 1 aliphatic heterocycles. The van der Waals surface area contributed by atoms with E-state index in [0.717, 1.165) is 12.1 Å². The number of amides is 1. The molecule has 28 heavy (non-hydrogen) atoms. The Bertz CT molecular complexity index is 949. The van der Waals surface area contributed by atoms with E-state index in [1.54, 1.807) is 24.3 Å². The lowest BCUT2D eigenvalue weighted by Gasteiger charge is -2.14. The van der Waals surface area contributed by atoms with E-state index >= 15 is 0 Å². The van der Waals surface area contributed by atoms with Crippen LogP contribution >= 0.6 is 11.6 Å². The number of rotatable bonds is 6. The summed E-state index contributed by atoms with van der Waals surface area (Å²) in [4.78, 5) is 15.9. The summed E-state index contributed by atoms with van der Waals surface area (Å²) < 4.78 is 0. The van der Waals surface area contributed by atoms with Crippen LogP contribution in [0, 0.1) is 0 Å². The summed E-state index contributed by atoms with van der Waals surface area (Å²) in [5.41, 5.74) is 2.79. The molecule has 0 aliphatic carbocycles. The zero-order chi connectivity index (χ0) is 19.3. The van der Waals surface area contributed by atoms with Gasteiger partial charge in [-0.05, 0) is 54.9 Å². The van der Waals surface area contributed by atoms with Crippen LogP contribution in [0.4, 0.5) is 5.69 Å². The van der Waals surface area contributed by atoms with Gasteiger partial charge in [0.05, 0.1) is 0 Å². The highest BCUT2D eigenvalue weighted by molar-refractivity contribution is 6.30. The van der Waals surface area contributed by atoms with Crippen LogP contribution in [0.5, 0.6) is 0 Å². The lowest BCUT2D eigenvalue weighted by Crippen LogP contribution is -2.20. The summed E-state index contributed by atoms with van der Waals surface area (Å²) >= 11 is 5.92. The Morgan fingerprint density at radius 2 is 1.89 bits per heavy atom. The molecular formula is C20H21ClN6O. The van der Waals surface area contributed by atoms with Crippen LogP contribution in [0.15, 0.2) is 48.5 Å². The maximum Gasteiger partial charge on any atom is 0.248 e. The SMILES string of the molecule is O=C(Cn1nnc(-c2ccc(CN3CCCC3)cc2)n1)Nc1cccc(Cl)c1. The summed E-state index contributed by atoms with van der Waals surface area (Å²) in [7, 11) is 0. The van der Waals surface area contributed by atoms with Gasteiger partial charge in [0.15, 0.2) is 0 Å². The molecule has 1 amide bonds. The number of hydrogen-bond acceptors (Lipinski definition) is 5. The number of anilines is 1. The summed E-state index contributed by atoms with van der Waals surface area (Å²) in [6, 6.07) is 15.2. The van der Waals surface area contributed by atoms with Crippen molar-refractivity contribution in [2.24, 2.45) is 0 Å². The Hall–Kier alpha value is -2.77. The molecule has 0 spiro atoms. The Morgan fingerprint density at radius 3 is 2.64 bits per heavy atom. The van der Waals surface area contributed by atoms with Gasteiger partial charge in [-0.2, -0.15) is 4.80 Å². The topological polar surface area (TPSA) is 75.9 Å². The highest BCUT2D eigenvalue weighted by atomic mass is 35.5. The maximum absolute atomic E-state index is 12.2. The summed E-state index contributed by atoms with van der Waals surface area (Å²) in [6.07, 6.45) is 2.58. The average molecular weight is 397 g/mol. The van der Waals surface area contributed by atoms with E-state index in [1.165, 1.54) is 36.3 Å². The summed E-state index contributed by atoms with van der Waals surface area (Å²) in [5.74, 6) is 0.260. The predicted molar refractivity (Wildman–Crippen MR) is 108 cm³/mol. The third-order valence-electron chi connectivity index (χ3n) is 4.66. The first-order chi connectivity index (χ1) is 13.7. The molecule has 8 heteroatoms. The van der Waals surface area contributed by atoms with Gasteiger partial charge in [-0.15, -0.1) is 10.2 Å². The Kier molecular flexibility index (Phi) is 5.64. The molecule has 0 unspecified atom stereocenters. The third-order valence-corrected chi connectivity index (χ3v) is 4.90. The van der Waals surface area contributed by atoms with Gasteiger partial charge in [0.1, 0.15) is 6.54 Å². The Labute approximate surface area is 168 Å². The highest BCUT2D eigenvalue weighted by Gasteiger charge is 2.13. The molecule has 1 saturated heterocycles. The van der Waals surface area contributed by atoms with E-state index in [0.29, 0.717) is 16.5 Å². The molecule has 0 atom stereocenters. The molecule has 144 valence electrons. The molecule has 7 nitrogen and oxygen atoms in total. The van der Waals surface area contributed by atoms with Gasteiger partial charge in [0.25, 0.3) is 0 Å². The van der Waals surface area contributed by atoms with E-state index in [1.807, 2.05) is 12.1 Å². The molecule has 0 bridgehead atoms. The Morgan fingerprint density at radius 1 is 1.11 bits per heavy atom. The minimum atomic E-state index is -0.243. The monoisotopic (exact) mass is 396 g/mol. The first-order valence-electron chi connectivity index (χ1n) is 9.31. The van der Waals surface area contributed by atoms with E-state index in [-0.39, 0.29) is 12.5 Å². The normalized spacial score (nSPS) is 14.3. The number of hydrogen-bond donors (Lipinski definition) is 1. The molecule has 2 heterocycles. The number of aromatic nitrogens is 4. The second kappa shape index (κ2) is 8.50. The van der Waals surface area contributed by atoms with Gasteiger partial charge in [-0.1, -0.05) is 41.9 Å². The highest BCUT2D eigenvalue weighted by Crippen LogP contribution is 2.18. The Balaban J connectivity index is 1.36. The van der Waals surface area contributed by atoms with Crippen molar-refractivity contribution in [1.29, 1.82) is 0 Å². The second-order valence-electron chi connectivity index (χ2n) is 6.88. The molecule has 2 aromatic carbocycles. The molecular weight excluding hydrogens is 376 g/mol. The summed E-state index contributed by atoms with van der Waals surface area (Å²) in [6.45, 7) is 3.31. The van der Waals surface area contributed by atoms with Crippen molar-refractivity contribution in [2.75, 3.05) is 18.4 Å². The maximum atomic E-state index is 12.2. The number of benzene rings is 2. The number of carbonyl (C=O) groups is 1. The van der Waals surface area contributed by atoms with Crippen molar-refractivity contribution < 1.29 is 4.79 Å². The summed E-state index contributed by atoms with van der Waals surface area (Å²) in [5, 5.41) is 15.7. The molecule has 4 rings (SSSR count). The minimum Gasteiger partial charge on any atom is -0.324 e. The van der Waals surface area contributed by atoms with Gasteiger partial charge in [0, 0.05) is 22.8 Å². The van der Waals surface area contributed by atoms with Crippen LogP contribution in [0.25, 0.3) is 11.4 Å². The van der Waals surface area contributed by atoms with Crippen LogP contribution < -0.4 is 5.32 Å². The van der Waals surface area contributed by atoms with E-state index in [9.17, 15) is 4.79 Å². The fourth-order valence-corrected chi connectivity index (χ4v) is 3.47. The number of likely N-dealkylation sites (tertiary alicyclic amines) is 1. The first-order valence-corrected chi connectivity index (χ1v) is 9.68. The zero-order valence-corrected chi connectivity index (χ0v) is 16.1. The van der Waals surface area contributed by atoms with Crippen molar-refractivity contribution >= 4 is 23.2 Å². The van der Waals surface area contributed by atoms with Crippen LogP contribution in [0.1, 0.15) is 18.4 Å². The lowest BCUT2D eigenvalue weighted by atomic mass is 10.1. The predicted octanol–water partition coefficient (Wildman–Crippen LogP) is 3.23. The van der Waals surface area contributed by atoms with Gasteiger partial charge >= 0.3 is 0 Å². The van der Waals surface area contributed by atoms with Crippen molar-refractivity contribution in [3.8, 4) is 11.4 Å². The van der Waals surface area contributed by atoms with Crippen molar-refractivity contribution in [2.45, 2.75) is 25.9 Å². The van der Waals surface area contributed by atoms with Gasteiger partial charge in [0.2, 0.25) is 11.7 Å². The lowest BCUT2D eigenvalue weighted by molar-refractivity contribution is -0.117. The number of nitrogens with one attached hydrogen (secondary N) is 1. The number of carbonyl (C=O) groups excluding carboxylic acids is 1. The molecule has 0 radical (unpaired) electrons. The van der Waals surface area contributed by atoms with Gasteiger partial charge < -0.3 is 5.32 Å². The van der Waals surface area contributed by atoms with Crippen molar-refractivity contribution in [3.05, 3.63) is 59.1 Å². The smallest absolute Gasteiger partial charge is 0.248 e. The standard InChI is InChI=1S/C20H21ClN6O/c21-17-4-3-5-18(12-17)22-19(28)14-27-24-20(23-25-27)16-8-6-15(7-9-16)13-26-10-1-2-11-26/h3-9,12H,1-2,10-11,13-14H2,(H,22,28). The minimum absolute atomic E-state index is 0.0213. The van der Waals surface area contributed by atoms with Crippen LogP contribution in [-0.4, -0.2) is 44.1 Å². The number of tetrazole rings is 1. The quantitative estimate of drug-likeness (QED) is 0.692. The molecule has 1 aliphatic rings. The van der Waals surface area contributed by atoms with Crippen LogP contribution in [0.3, 0.4) is 0 Å². The fourth-order valence-electron chi connectivity index (χ4n) is 3.28. The van der Waals surface area contributed by atoms with Crippen molar-refractivity contribution in [1.82, 2.24) is 25.1 Å². The average Bonchev–Trinajstić information content (AvgIpc) is 3.34. The molecule has 1 aromatic heterocycles. The molecule has 1 fully saturated rings.